The minimum absolute atomic E-state index is 0.0141. The molecule has 2 rings (SSSR count). The predicted molar refractivity (Wildman–Crippen MR) is 76.0 cm³/mol. The van der Waals surface area contributed by atoms with Crippen LogP contribution in [-0.4, -0.2) is 29.7 Å². The first-order chi connectivity index (χ1) is 9.44. The largest absolute Gasteiger partial charge is 0.409 e. The molecule has 0 aliphatic carbocycles. The number of nitrogens with one attached hydrogen (secondary N) is 2. The Bertz CT molecular complexity index is 756. The maximum absolute atomic E-state index is 12.2. The van der Waals surface area contributed by atoms with Gasteiger partial charge in [-0.2, -0.15) is 5.10 Å². The Balaban J connectivity index is 2.37. The van der Waals surface area contributed by atoms with Crippen LogP contribution in [0.2, 0.25) is 0 Å². The van der Waals surface area contributed by atoms with Gasteiger partial charge in [0.25, 0.3) is 10.0 Å². The van der Waals surface area contributed by atoms with Crippen molar-refractivity contribution in [2.45, 2.75) is 4.90 Å². The smallest absolute Gasteiger partial charge is 0.263 e. The number of oxime groups is 1. The molecule has 1 aromatic carbocycles. The molecule has 0 radical (unpaired) electrons. The summed E-state index contributed by atoms with van der Waals surface area (Å²) in [4.78, 5) is 0.0620. The number of sulfonamides is 1. The first kappa shape index (κ1) is 14.3. The third-order valence-electron chi connectivity index (χ3n) is 2.37. The van der Waals surface area contributed by atoms with Gasteiger partial charge >= 0.3 is 0 Å². The van der Waals surface area contributed by atoms with Crippen LogP contribution in [0.1, 0.15) is 5.56 Å². The molecule has 0 amide bonds. The average molecular weight is 360 g/mol. The maximum atomic E-state index is 12.2. The van der Waals surface area contributed by atoms with E-state index in [4.69, 9.17) is 10.9 Å². The van der Waals surface area contributed by atoms with Gasteiger partial charge in [-0.05, 0) is 18.2 Å². The highest BCUT2D eigenvalue weighted by Gasteiger charge is 2.19. The minimum atomic E-state index is -3.81. The lowest BCUT2D eigenvalue weighted by Gasteiger charge is -2.08. The second-order valence-corrected chi connectivity index (χ2v) is 6.30. The van der Waals surface area contributed by atoms with Crippen LogP contribution in [0.4, 0.5) is 5.82 Å². The number of hydrogen-bond acceptors (Lipinski definition) is 5. The minimum Gasteiger partial charge on any atom is -0.409 e. The number of aromatic amines is 1. The first-order valence-electron chi connectivity index (χ1n) is 5.23. The molecule has 106 valence electrons. The van der Waals surface area contributed by atoms with E-state index in [-0.39, 0.29) is 22.1 Å². The Hall–Kier alpha value is -2.07. The Morgan fingerprint density at radius 2 is 2.25 bits per heavy atom. The number of hydrogen-bond donors (Lipinski definition) is 4. The molecule has 1 heterocycles. The molecule has 20 heavy (non-hydrogen) atoms. The van der Waals surface area contributed by atoms with Gasteiger partial charge in [-0.25, -0.2) is 8.42 Å². The van der Waals surface area contributed by atoms with Gasteiger partial charge in [0.15, 0.2) is 5.84 Å². The molecule has 5 N–H and O–H groups in total. The summed E-state index contributed by atoms with van der Waals surface area (Å²) < 4.78 is 27.3. The normalized spacial score (nSPS) is 12.3. The summed E-state index contributed by atoms with van der Waals surface area (Å²) in [7, 11) is -3.81. The molecule has 1 aromatic heterocycles. The van der Waals surface area contributed by atoms with Crippen LogP contribution in [-0.2, 0) is 10.0 Å². The zero-order chi connectivity index (χ0) is 14.8. The average Bonchev–Trinajstić information content (AvgIpc) is 2.85. The third-order valence-corrected chi connectivity index (χ3v) is 4.21. The zero-order valence-corrected chi connectivity index (χ0v) is 12.3. The number of H-pyrrole nitrogens is 1. The van der Waals surface area contributed by atoms with Crippen LogP contribution in [0.3, 0.4) is 0 Å². The summed E-state index contributed by atoms with van der Waals surface area (Å²) >= 11 is 3.20. The Morgan fingerprint density at radius 3 is 2.90 bits per heavy atom. The van der Waals surface area contributed by atoms with E-state index in [1.807, 2.05) is 0 Å². The number of aromatic nitrogens is 2. The van der Waals surface area contributed by atoms with E-state index in [0.717, 1.165) is 0 Å². The Kier molecular flexibility index (Phi) is 3.95. The fourth-order valence-corrected chi connectivity index (χ4v) is 3.07. The van der Waals surface area contributed by atoms with Crippen molar-refractivity contribution in [3.8, 4) is 0 Å². The predicted octanol–water partition coefficient (Wildman–Crippen LogP) is 1.07. The highest BCUT2D eigenvalue weighted by molar-refractivity contribution is 9.10. The van der Waals surface area contributed by atoms with Crippen molar-refractivity contribution in [3.05, 3.63) is 40.5 Å². The molecule has 0 fully saturated rings. The number of anilines is 1. The maximum Gasteiger partial charge on any atom is 0.263 e. The lowest BCUT2D eigenvalue weighted by molar-refractivity contribution is 0.318. The van der Waals surface area contributed by atoms with Crippen molar-refractivity contribution >= 4 is 37.6 Å². The summed E-state index contributed by atoms with van der Waals surface area (Å²) in [6.45, 7) is 0. The van der Waals surface area contributed by atoms with Gasteiger partial charge in [-0.3, -0.25) is 9.82 Å². The summed E-state index contributed by atoms with van der Waals surface area (Å²) in [5.74, 6) is -0.244. The van der Waals surface area contributed by atoms with E-state index in [0.29, 0.717) is 4.47 Å². The lowest BCUT2D eigenvalue weighted by atomic mass is 10.3. The molecular formula is C10H10BrN5O3S. The fourth-order valence-electron chi connectivity index (χ4n) is 1.44. The van der Waals surface area contributed by atoms with Crippen molar-refractivity contribution in [2.24, 2.45) is 10.9 Å². The van der Waals surface area contributed by atoms with E-state index in [1.165, 1.54) is 18.3 Å². The van der Waals surface area contributed by atoms with Gasteiger partial charge in [0.05, 0.1) is 16.7 Å². The standard InChI is InChI=1S/C10H10BrN5O3S/c11-6-2-1-3-7(4-6)20(18,19)16-10-8(5-13-14-10)9(12)15-17/h1-5,17H,(H2,12,15)(H2,13,14,16). The molecule has 0 unspecified atom stereocenters. The van der Waals surface area contributed by atoms with Crippen molar-refractivity contribution in [2.75, 3.05) is 4.72 Å². The van der Waals surface area contributed by atoms with E-state index in [2.05, 4.69) is 36.0 Å². The van der Waals surface area contributed by atoms with E-state index >= 15 is 0 Å². The van der Waals surface area contributed by atoms with Gasteiger partial charge in [-0.15, -0.1) is 0 Å². The van der Waals surface area contributed by atoms with Crippen LogP contribution >= 0.6 is 15.9 Å². The molecule has 0 saturated carbocycles. The third kappa shape index (κ3) is 2.91. The first-order valence-corrected chi connectivity index (χ1v) is 7.51. The molecule has 0 aliphatic rings. The number of amidine groups is 1. The molecule has 2 aromatic rings. The van der Waals surface area contributed by atoms with E-state index < -0.39 is 10.0 Å². The summed E-state index contributed by atoms with van der Waals surface area (Å²) in [6.07, 6.45) is 1.24. The van der Waals surface area contributed by atoms with Crippen LogP contribution < -0.4 is 10.5 Å². The second kappa shape index (κ2) is 5.51. The topological polar surface area (TPSA) is 133 Å². The summed E-state index contributed by atoms with van der Waals surface area (Å²) in [6, 6.07) is 6.18. The molecule has 0 spiro atoms. The van der Waals surface area contributed by atoms with Crippen molar-refractivity contribution in [1.29, 1.82) is 0 Å². The van der Waals surface area contributed by atoms with Crippen LogP contribution in [0.25, 0.3) is 0 Å². The molecular weight excluding hydrogens is 350 g/mol. The Morgan fingerprint density at radius 1 is 1.50 bits per heavy atom. The molecule has 0 bridgehead atoms. The van der Waals surface area contributed by atoms with Crippen LogP contribution in [0.15, 0.2) is 45.0 Å². The van der Waals surface area contributed by atoms with Crippen LogP contribution in [0.5, 0.6) is 0 Å². The number of benzene rings is 1. The number of halogens is 1. The van der Waals surface area contributed by atoms with Gasteiger partial charge in [0, 0.05) is 4.47 Å². The van der Waals surface area contributed by atoms with Crippen molar-refractivity contribution in [3.63, 3.8) is 0 Å². The molecule has 0 aliphatic heterocycles. The number of rotatable bonds is 4. The molecule has 0 atom stereocenters. The lowest BCUT2D eigenvalue weighted by Crippen LogP contribution is -2.18. The fraction of sp³-hybridized carbons (Fsp3) is 0. The molecule has 0 saturated heterocycles. The summed E-state index contributed by atoms with van der Waals surface area (Å²) in [5, 5.41) is 17.5. The number of nitrogens with zero attached hydrogens (tertiary/aromatic N) is 2. The second-order valence-electron chi connectivity index (χ2n) is 3.71. The summed E-state index contributed by atoms with van der Waals surface area (Å²) in [5.41, 5.74) is 5.56. The highest BCUT2D eigenvalue weighted by Crippen LogP contribution is 2.20. The van der Waals surface area contributed by atoms with Gasteiger partial charge < -0.3 is 10.9 Å². The van der Waals surface area contributed by atoms with Crippen LogP contribution in [0, 0.1) is 0 Å². The molecule has 8 nitrogen and oxygen atoms in total. The Labute approximate surface area is 122 Å². The van der Waals surface area contributed by atoms with Gasteiger partial charge in [0.1, 0.15) is 5.82 Å². The highest BCUT2D eigenvalue weighted by atomic mass is 79.9. The monoisotopic (exact) mass is 359 g/mol. The van der Waals surface area contributed by atoms with Gasteiger partial charge in [0.2, 0.25) is 0 Å². The number of nitrogens with two attached hydrogens (primary N) is 1. The van der Waals surface area contributed by atoms with E-state index in [9.17, 15) is 8.42 Å². The van der Waals surface area contributed by atoms with E-state index in [1.54, 1.807) is 12.1 Å². The van der Waals surface area contributed by atoms with Crippen molar-refractivity contribution < 1.29 is 13.6 Å². The molecule has 10 heteroatoms. The quantitative estimate of drug-likeness (QED) is 0.280. The zero-order valence-electron chi connectivity index (χ0n) is 9.91. The van der Waals surface area contributed by atoms with Gasteiger partial charge in [-0.1, -0.05) is 27.2 Å². The SMILES string of the molecule is NC(=NO)c1cn[nH]c1NS(=O)(=O)c1cccc(Br)c1. The van der Waals surface area contributed by atoms with Crippen molar-refractivity contribution in [1.82, 2.24) is 10.2 Å².